The van der Waals surface area contributed by atoms with E-state index in [0.29, 0.717) is 5.69 Å². The van der Waals surface area contributed by atoms with Gasteiger partial charge in [-0.15, -0.1) is 0 Å². The quantitative estimate of drug-likeness (QED) is 0.497. The first-order chi connectivity index (χ1) is 6.79. The van der Waals surface area contributed by atoms with Crippen LogP contribution in [0.4, 0.5) is 5.69 Å². The maximum atomic E-state index is 10.7. The summed E-state index contributed by atoms with van der Waals surface area (Å²) in [6.45, 7) is 0. The van der Waals surface area contributed by atoms with Crippen LogP contribution in [0.5, 0.6) is 0 Å². The van der Waals surface area contributed by atoms with Crippen LogP contribution in [-0.2, 0) is 0 Å². The molecule has 0 fully saturated rings. The molecule has 0 atom stereocenters. The molecule has 0 aliphatic carbocycles. The molecular formula is C9H7N3O2. The van der Waals surface area contributed by atoms with E-state index in [2.05, 4.69) is 4.99 Å². The van der Waals surface area contributed by atoms with Crippen molar-refractivity contribution in [2.45, 2.75) is 0 Å². The maximum absolute atomic E-state index is 10.7. The van der Waals surface area contributed by atoms with Crippen LogP contribution >= 0.6 is 0 Å². The largest absolute Gasteiger partial charge is 0.262 e. The van der Waals surface area contributed by atoms with Gasteiger partial charge in [-0.05, 0) is 6.07 Å². The Bertz CT molecular complexity index is 426. The molecular weight excluding hydrogens is 182 g/mol. The Morgan fingerprint density at radius 1 is 1.36 bits per heavy atom. The van der Waals surface area contributed by atoms with E-state index in [1.807, 2.05) is 6.07 Å². The summed E-state index contributed by atoms with van der Waals surface area (Å²) in [4.78, 5) is 14.6. The lowest BCUT2D eigenvalue weighted by molar-refractivity contribution is -0.485. The number of hydrazine groups is 1. The third-order valence-electron chi connectivity index (χ3n) is 1.87. The second-order valence-corrected chi connectivity index (χ2v) is 2.72. The lowest BCUT2D eigenvalue weighted by Crippen LogP contribution is -2.23. The SMILES string of the molecule is O=[N+]([O-])N1C=CN=Cc2ccccc21. The minimum absolute atomic E-state index is 0.482. The Balaban J connectivity index is 2.55. The van der Waals surface area contributed by atoms with Gasteiger partial charge < -0.3 is 0 Å². The molecule has 0 unspecified atom stereocenters. The van der Waals surface area contributed by atoms with Crippen LogP contribution in [0, 0.1) is 10.1 Å². The minimum atomic E-state index is -0.482. The fourth-order valence-electron chi connectivity index (χ4n) is 1.25. The number of nitrogens with zero attached hydrogens (tertiary/aromatic N) is 3. The van der Waals surface area contributed by atoms with Crippen molar-refractivity contribution >= 4 is 11.9 Å². The van der Waals surface area contributed by atoms with Crippen LogP contribution < -0.4 is 5.01 Å². The average molecular weight is 189 g/mol. The van der Waals surface area contributed by atoms with E-state index in [1.165, 1.54) is 12.4 Å². The number of hydrogen-bond donors (Lipinski definition) is 0. The minimum Gasteiger partial charge on any atom is -0.262 e. The van der Waals surface area contributed by atoms with Gasteiger partial charge in [0.15, 0.2) is 5.03 Å². The number of nitro groups is 1. The zero-order valence-corrected chi connectivity index (χ0v) is 7.20. The number of hydrogen-bond acceptors (Lipinski definition) is 3. The highest BCUT2D eigenvalue weighted by Crippen LogP contribution is 2.20. The summed E-state index contributed by atoms with van der Waals surface area (Å²) in [6.07, 6.45) is 4.31. The monoisotopic (exact) mass is 189 g/mol. The van der Waals surface area contributed by atoms with Crippen LogP contribution in [0.1, 0.15) is 5.56 Å². The van der Waals surface area contributed by atoms with Gasteiger partial charge in [-0.3, -0.25) is 4.99 Å². The predicted octanol–water partition coefficient (Wildman–Crippen LogP) is 1.59. The lowest BCUT2D eigenvalue weighted by atomic mass is 10.2. The van der Waals surface area contributed by atoms with Crippen molar-refractivity contribution in [3.63, 3.8) is 0 Å². The van der Waals surface area contributed by atoms with E-state index in [-0.39, 0.29) is 0 Å². The van der Waals surface area contributed by atoms with Crippen LogP contribution in [0.25, 0.3) is 0 Å². The smallest absolute Gasteiger partial charge is 0.169 e. The summed E-state index contributed by atoms with van der Waals surface area (Å²) in [5, 5.41) is 11.2. The molecule has 5 heteroatoms. The van der Waals surface area contributed by atoms with Crippen LogP contribution in [-0.4, -0.2) is 11.2 Å². The average Bonchev–Trinajstić information content (AvgIpc) is 2.39. The molecule has 1 aromatic rings. The van der Waals surface area contributed by atoms with Crippen LogP contribution in [0.3, 0.4) is 0 Å². The lowest BCUT2D eigenvalue weighted by Gasteiger charge is -2.09. The number of aliphatic imine (C=N–C) groups is 1. The first-order valence-corrected chi connectivity index (χ1v) is 4.01. The number of anilines is 1. The Kier molecular flexibility index (Phi) is 1.98. The van der Waals surface area contributed by atoms with Crippen molar-refractivity contribution < 1.29 is 5.03 Å². The summed E-state index contributed by atoms with van der Waals surface area (Å²) in [6, 6.07) is 7.03. The number of fused-ring (bicyclic) bond motifs is 1. The molecule has 1 aliphatic rings. The highest BCUT2D eigenvalue weighted by molar-refractivity contribution is 5.88. The van der Waals surface area contributed by atoms with Gasteiger partial charge in [-0.1, -0.05) is 23.2 Å². The van der Waals surface area contributed by atoms with Gasteiger partial charge in [-0.25, -0.2) is 10.1 Å². The number of rotatable bonds is 1. The molecule has 0 saturated carbocycles. The molecule has 1 aromatic carbocycles. The normalized spacial score (nSPS) is 13.6. The maximum Gasteiger partial charge on any atom is 0.169 e. The van der Waals surface area contributed by atoms with E-state index in [0.717, 1.165) is 10.6 Å². The molecule has 0 N–H and O–H groups in total. The second kappa shape index (κ2) is 3.29. The molecule has 14 heavy (non-hydrogen) atoms. The first kappa shape index (κ1) is 8.43. The summed E-state index contributed by atoms with van der Waals surface area (Å²) in [5.74, 6) is 0. The Hall–Kier alpha value is -2.17. The van der Waals surface area contributed by atoms with E-state index in [9.17, 15) is 10.1 Å². The van der Waals surface area contributed by atoms with Crippen molar-refractivity contribution in [2.24, 2.45) is 4.99 Å². The van der Waals surface area contributed by atoms with Gasteiger partial charge in [0.05, 0.1) is 6.20 Å². The van der Waals surface area contributed by atoms with Crippen molar-refractivity contribution in [2.75, 3.05) is 5.01 Å². The predicted molar refractivity (Wildman–Crippen MR) is 52.6 cm³/mol. The first-order valence-electron chi connectivity index (χ1n) is 4.01. The van der Waals surface area contributed by atoms with E-state index in [1.54, 1.807) is 24.4 Å². The van der Waals surface area contributed by atoms with Gasteiger partial charge in [0.2, 0.25) is 0 Å². The zero-order chi connectivity index (χ0) is 9.97. The van der Waals surface area contributed by atoms with Gasteiger partial charge in [-0.2, -0.15) is 0 Å². The zero-order valence-electron chi connectivity index (χ0n) is 7.20. The summed E-state index contributed by atoms with van der Waals surface area (Å²) in [7, 11) is 0. The van der Waals surface area contributed by atoms with Crippen molar-refractivity contribution in [3.8, 4) is 0 Å². The molecule has 2 rings (SSSR count). The summed E-state index contributed by atoms with van der Waals surface area (Å²) < 4.78 is 0. The standard InChI is InChI=1S/C9H7N3O2/c13-12(14)11-6-5-10-7-8-3-1-2-4-9(8)11/h1-7H. The molecule has 0 saturated heterocycles. The summed E-state index contributed by atoms with van der Waals surface area (Å²) in [5.41, 5.74) is 1.25. The van der Waals surface area contributed by atoms with Gasteiger partial charge in [0, 0.05) is 18.0 Å². The van der Waals surface area contributed by atoms with Crippen LogP contribution in [0.2, 0.25) is 0 Å². The molecule has 5 nitrogen and oxygen atoms in total. The molecule has 0 aromatic heterocycles. The van der Waals surface area contributed by atoms with E-state index < -0.39 is 5.03 Å². The van der Waals surface area contributed by atoms with Gasteiger partial charge in [0.25, 0.3) is 0 Å². The Labute approximate surface area is 80.1 Å². The molecule has 0 bridgehead atoms. The molecule has 0 spiro atoms. The van der Waals surface area contributed by atoms with E-state index >= 15 is 0 Å². The Morgan fingerprint density at radius 2 is 2.14 bits per heavy atom. The molecule has 0 radical (unpaired) electrons. The topological polar surface area (TPSA) is 58.7 Å². The number of benzene rings is 1. The molecule has 1 aliphatic heterocycles. The van der Waals surface area contributed by atoms with Gasteiger partial charge >= 0.3 is 0 Å². The van der Waals surface area contributed by atoms with Crippen molar-refractivity contribution in [3.05, 3.63) is 52.3 Å². The molecule has 1 heterocycles. The Morgan fingerprint density at radius 3 is 2.93 bits per heavy atom. The fourth-order valence-corrected chi connectivity index (χ4v) is 1.25. The third-order valence-corrected chi connectivity index (χ3v) is 1.87. The van der Waals surface area contributed by atoms with Crippen LogP contribution in [0.15, 0.2) is 41.7 Å². The second-order valence-electron chi connectivity index (χ2n) is 2.72. The van der Waals surface area contributed by atoms with E-state index in [4.69, 9.17) is 0 Å². The fraction of sp³-hybridized carbons (Fsp3) is 0. The number of para-hydroxylation sites is 1. The third kappa shape index (κ3) is 1.35. The van der Waals surface area contributed by atoms with Gasteiger partial charge in [0.1, 0.15) is 5.69 Å². The molecule has 70 valence electrons. The molecule has 0 amide bonds. The summed E-state index contributed by atoms with van der Waals surface area (Å²) >= 11 is 0. The highest BCUT2D eigenvalue weighted by atomic mass is 16.7. The highest BCUT2D eigenvalue weighted by Gasteiger charge is 2.17. The van der Waals surface area contributed by atoms with Crippen molar-refractivity contribution in [1.82, 2.24) is 0 Å². The van der Waals surface area contributed by atoms with Crippen molar-refractivity contribution in [1.29, 1.82) is 0 Å².